The van der Waals surface area contributed by atoms with E-state index in [0.29, 0.717) is 13.2 Å². The lowest BCUT2D eigenvalue weighted by atomic mass is 10.1. The fourth-order valence-electron chi connectivity index (χ4n) is 2.12. The summed E-state index contributed by atoms with van der Waals surface area (Å²) in [7, 11) is 1.52. The third kappa shape index (κ3) is 5.62. The van der Waals surface area contributed by atoms with Gasteiger partial charge in [-0.15, -0.1) is 0 Å². The third-order valence-electron chi connectivity index (χ3n) is 3.40. The number of carbonyl (C=O) groups excluding carboxylic acids is 2. The maximum absolute atomic E-state index is 13.7. The predicted molar refractivity (Wildman–Crippen MR) is 88.1 cm³/mol. The highest BCUT2D eigenvalue weighted by Crippen LogP contribution is 2.26. The number of oxazole rings is 1. The Bertz CT molecular complexity index is 744. The molecule has 1 aromatic heterocycles. The zero-order valence-corrected chi connectivity index (χ0v) is 14.2. The molecule has 0 saturated heterocycles. The van der Waals surface area contributed by atoms with Crippen molar-refractivity contribution in [2.24, 2.45) is 0 Å². The molecule has 2 N–H and O–H groups in total. The van der Waals surface area contributed by atoms with Gasteiger partial charge in [0.25, 0.3) is 0 Å². The van der Waals surface area contributed by atoms with E-state index in [1.807, 2.05) is 0 Å². The molecular weight excluding hydrogens is 348 g/mol. The van der Waals surface area contributed by atoms with Crippen molar-refractivity contribution in [1.29, 1.82) is 0 Å². The first kappa shape index (κ1) is 19.5. The number of hydrogen-bond donors (Lipinski definition) is 2. The van der Waals surface area contributed by atoms with Crippen LogP contribution in [-0.4, -0.2) is 43.6 Å². The van der Waals surface area contributed by atoms with Gasteiger partial charge in [0.1, 0.15) is 11.6 Å². The number of methoxy groups -OCH3 is 1. The number of rotatable bonds is 9. The topological polar surface area (TPSA) is 93.5 Å². The van der Waals surface area contributed by atoms with Crippen molar-refractivity contribution in [1.82, 2.24) is 15.6 Å². The predicted octanol–water partition coefficient (Wildman–Crippen LogP) is 1.43. The molecule has 1 heterocycles. The Kier molecular flexibility index (Phi) is 7.22. The van der Waals surface area contributed by atoms with Crippen molar-refractivity contribution >= 4 is 11.8 Å². The standard InChI is InChI=1S/C17H19F2N3O4/c1-25-8-7-20-15(24)10-21-14(23)5-6-16-22-9-13(26-16)17-11(18)3-2-4-12(17)19/h2-4,9H,5-8,10H2,1H3,(H,20,24)(H,21,23). The van der Waals surface area contributed by atoms with Gasteiger partial charge in [0, 0.05) is 26.5 Å². The van der Waals surface area contributed by atoms with Crippen molar-refractivity contribution in [3.05, 3.63) is 41.9 Å². The molecule has 0 fully saturated rings. The van der Waals surface area contributed by atoms with Crippen LogP contribution in [0.15, 0.2) is 28.8 Å². The number of carbonyl (C=O) groups is 2. The summed E-state index contributed by atoms with van der Waals surface area (Å²) in [5.41, 5.74) is -0.302. The number of amides is 2. The van der Waals surface area contributed by atoms with Gasteiger partial charge in [-0.25, -0.2) is 13.8 Å². The maximum atomic E-state index is 13.7. The van der Waals surface area contributed by atoms with Crippen molar-refractivity contribution in [2.45, 2.75) is 12.8 Å². The Morgan fingerprint density at radius 3 is 2.62 bits per heavy atom. The number of halogens is 2. The Morgan fingerprint density at radius 2 is 1.92 bits per heavy atom. The van der Waals surface area contributed by atoms with E-state index in [1.54, 1.807) is 0 Å². The van der Waals surface area contributed by atoms with Crippen LogP contribution in [0.4, 0.5) is 8.78 Å². The molecule has 0 atom stereocenters. The summed E-state index contributed by atoms with van der Waals surface area (Å²) in [5, 5.41) is 5.02. The molecule has 26 heavy (non-hydrogen) atoms. The SMILES string of the molecule is COCCNC(=O)CNC(=O)CCc1ncc(-c2c(F)cccc2F)o1. The van der Waals surface area contributed by atoms with Gasteiger partial charge in [0.15, 0.2) is 11.7 Å². The van der Waals surface area contributed by atoms with Gasteiger partial charge in [-0.05, 0) is 12.1 Å². The minimum atomic E-state index is -0.759. The van der Waals surface area contributed by atoms with Crippen LogP contribution in [0.5, 0.6) is 0 Å². The Morgan fingerprint density at radius 1 is 1.19 bits per heavy atom. The second kappa shape index (κ2) is 9.62. The van der Waals surface area contributed by atoms with Gasteiger partial charge >= 0.3 is 0 Å². The molecule has 2 aromatic rings. The molecule has 2 rings (SSSR count). The van der Waals surface area contributed by atoms with E-state index in [1.165, 1.54) is 19.4 Å². The van der Waals surface area contributed by atoms with Crippen molar-refractivity contribution in [3.8, 4) is 11.3 Å². The van der Waals surface area contributed by atoms with E-state index in [-0.39, 0.29) is 48.4 Å². The number of aromatic nitrogens is 1. The van der Waals surface area contributed by atoms with Gasteiger partial charge in [-0.3, -0.25) is 9.59 Å². The highest BCUT2D eigenvalue weighted by Gasteiger charge is 2.16. The average molecular weight is 367 g/mol. The quantitative estimate of drug-likeness (QED) is 0.654. The first-order chi connectivity index (χ1) is 12.5. The van der Waals surface area contributed by atoms with Crippen LogP contribution in [0.1, 0.15) is 12.3 Å². The minimum Gasteiger partial charge on any atom is -0.441 e. The lowest BCUT2D eigenvalue weighted by Crippen LogP contribution is -2.38. The average Bonchev–Trinajstić information content (AvgIpc) is 3.07. The molecule has 0 saturated carbocycles. The molecule has 0 aliphatic rings. The van der Waals surface area contributed by atoms with Crippen molar-refractivity contribution in [2.75, 3.05) is 26.8 Å². The van der Waals surface area contributed by atoms with E-state index < -0.39 is 11.6 Å². The largest absolute Gasteiger partial charge is 0.441 e. The molecule has 0 aliphatic carbocycles. The van der Waals surface area contributed by atoms with E-state index in [4.69, 9.17) is 9.15 Å². The number of nitrogens with zero attached hydrogens (tertiary/aromatic N) is 1. The molecule has 0 spiro atoms. The number of aryl methyl sites for hydroxylation is 1. The summed E-state index contributed by atoms with van der Waals surface area (Å²) >= 11 is 0. The van der Waals surface area contributed by atoms with Gasteiger partial charge in [-0.1, -0.05) is 6.07 Å². The van der Waals surface area contributed by atoms with Crippen molar-refractivity contribution in [3.63, 3.8) is 0 Å². The summed E-state index contributed by atoms with van der Waals surface area (Å²) in [6, 6.07) is 3.48. The van der Waals surface area contributed by atoms with Gasteiger partial charge < -0.3 is 19.8 Å². The zero-order valence-electron chi connectivity index (χ0n) is 14.2. The van der Waals surface area contributed by atoms with Crippen LogP contribution >= 0.6 is 0 Å². The lowest BCUT2D eigenvalue weighted by molar-refractivity contribution is -0.126. The smallest absolute Gasteiger partial charge is 0.239 e. The van der Waals surface area contributed by atoms with Crippen LogP contribution in [0.3, 0.4) is 0 Å². The minimum absolute atomic E-state index is 0.0189. The van der Waals surface area contributed by atoms with Crippen LogP contribution in [0.25, 0.3) is 11.3 Å². The van der Waals surface area contributed by atoms with E-state index in [0.717, 1.165) is 12.1 Å². The second-order valence-corrected chi connectivity index (χ2v) is 5.33. The molecule has 1 aromatic carbocycles. The fraction of sp³-hybridized carbons (Fsp3) is 0.353. The fourth-order valence-corrected chi connectivity index (χ4v) is 2.12. The molecule has 0 bridgehead atoms. The Labute approximate surface area is 148 Å². The molecule has 0 aliphatic heterocycles. The van der Waals surface area contributed by atoms with E-state index in [9.17, 15) is 18.4 Å². The Balaban J connectivity index is 1.81. The normalized spacial score (nSPS) is 10.6. The molecule has 2 amide bonds. The van der Waals surface area contributed by atoms with E-state index >= 15 is 0 Å². The number of benzene rings is 1. The van der Waals surface area contributed by atoms with Gasteiger partial charge in [0.05, 0.1) is 24.9 Å². The summed E-state index contributed by atoms with van der Waals surface area (Å²) in [6.07, 6.45) is 1.36. The molecule has 140 valence electrons. The van der Waals surface area contributed by atoms with Crippen LogP contribution in [0.2, 0.25) is 0 Å². The number of nitrogens with one attached hydrogen (secondary N) is 2. The maximum Gasteiger partial charge on any atom is 0.239 e. The third-order valence-corrected chi connectivity index (χ3v) is 3.40. The highest BCUT2D eigenvalue weighted by molar-refractivity contribution is 5.84. The molecule has 7 nitrogen and oxygen atoms in total. The zero-order chi connectivity index (χ0) is 18.9. The summed E-state index contributed by atoms with van der Waals surface area (Å²) in [4.78, 5) is 27.1. The summed E-state index contributed by atoms with van der Waals surface area (Å²) in [6.45, 7) is 0.589. The van der Waals surface area contributed by atoms with E-state index in [2.05, 4.69) is 15.6 Å². The number of hydrogen-bond acceptors (Lipinski definition) is 5. The summed E-state index contributed by atoms with van der Waals surface area (Å²) < 4.78 is 37.5. The molecule has 0 radical (unpaired) electrons. The number of ether oxygens (including phenoxy) is 1. The van der Waals surface area contributed by atoms with Crippen LogP contribution in [-0.2, 0) is 20.7 Å². The second-order valence-electron chi connectivity index (χ2n) is 5.33. The molecule has 9 heteroatoms. The van der Waals surface area contributed by atoms with Gasteiger partial charge in [0.2, 0.25) is 11.8 Å². The molecule has 0 unspecified atom stereocenters. The highest BCUT2D eigenvalue weighted by atomic mass is 19.1. The summed E-state index contributed by atoms with van der Waals surface area (Å²) in [5.74, 6) is -2.10. The Hall–Kier alpha value is -2.81. The molecular formula is C17H19F2N3O4. The van der Waals surface area contributed by atoms with Gasteiger partial charge in [-0.2, -0.15) is 0 Å². The van der Waals surface area contributed by atoms with Crippen LogP contribution in [0, 0.1) is 11.6 Å². The first-order valence-electron chi connectivity index (χ1n) is 7.92. The lowest BCUT2D eigenvalue weighted by Gasteiger charge is -2.06. The first-order valence-corrected chi connectivity index (χ1v) is 7.92. The van der Waals surface area contributed by atoms with Crippen LogP contribution < -0.4 is 10.6 Å². The van der Waals surface area contributed by atoms with Crippen molar-refractivity contribution < 1.29 is 27.5 Å². The monoisotopic (exact) mass is 367 g/mol.